The van der Waals surface area contributed by atoms with Crippen molar-refractivity contribution in [1.29, 1.82) is 0 Å². The zero-order valence-corrected chi connectivity index (χ0v) is 17.7. The third kappa shape index (κ3) is 5.89. The van der Waals surface area contributed by atoms with E-state index in [0.717, 1.165) is 45.1 Å². The molecule has 1 saturated heterocycles. The van der Waals surface area contributed by atoms with Gasteiger partial charge in [0.25, 0.3) is 0 Å². The van der Waals surface area contributed by atoms with Crippen LogP contribution in [0, 0.1) is 0 Å². The SMILES string of the molecule is CCNC(=NCC1(SC)CCOCC1)NC1CCC(c2ccccc2)CC1. The van der Waals surface area contributed by atoms with Gasteiger partial charge < -0.3 is 15.4 Å². The normalized spacial score (nSPS) is 25.8. The van der Waals surface area contributed by atoms with Gasteiger partial charge in [-0.3, -0.25) is 4.99 Å². The minimum absolute atomic E-state index is 0.242. The number of hydrogen-bond donors (Lipinski definition) is 2. The molecule has 0 spiro atoms. The highest BCUT2D eigenvalue weighted by Gasteiger charge is 2.32. The van der Waals surface area contributed by atoms with Gasteiger partial charge in [-0.2, -0.15) is 11.8 Å². The van der Waals surface area contributed by atoms with Crippen molar-refractivity contribution < 1.29 is 4.74 Å². The van der Waals surface area contributed by atoms with Crippen LogP contribution in [0.2, 0.25) is 0 Å². The fourth-order valence-electron chi connectivity index (χ4n) is 4.20. The molecule has 0 radical (unpaired) electrons. The minimum Gasteiger partial charge on any atom is -0.381 e. The van der Waals surface area contributed by atoms with Crippen molar-refractivity contribution in [3.63, 3.8) is 0 Å². The smallest absolute Gasteiger partial charge is 0.191 e. The summed E-state index contributed by atoms with van der Waals surface area (Å²) >= 11 is 1.95. The van der Waals surface area contributed by atoms with Gasteiger partial charge in [-0.15, -0.1) is 0 Å². The van der Waals surface area contributed by atoms with Crippen LogP contribution >= 0.6 is 11.8 Å². The van der Waals surface area contributed by atoms with Crippen LogP contribution in [0.25, 0.3) is 0 Å². The van der Waals surface area contributed by atoms with E-state index >= 15 is 0 Å². The molecule has 0 aromatic heterocycles. The number of hydrogen-bond acceptors (Lipinski definition) is 3. The van der Waals surface area contributed by atoms with E-state index in [1.165, 1.54) is 31.2 Å². The van der Waals surface area contributed by atoms with Crippen LogP contribution in [0.3, 0.4) is 0 Å². The van der Waals surface area contributed by atoms with Crippen LogP contribution < -0.4 is 10.6 Å². The van der Waals surface area contributed by atoms with E-state index in [4.69, 9.17) is 9.73 Å². The zero-order chi connectivity index (χ0) is 19.0. The molecule has 27 heavy (non-hydrogen) atoms. The highest BCUT2D eigenvalue weighted by molar-refractivity contribution is 8.00. The summed E-state index contributed by atoms with van der Waals surface area (Å²) in [5.41, 5.74) is 1.50. The Bertz CT molecular complexity index is 578. The summed E-state index contributed by atoms with van der Waals surface area (Å²) in [4.78, 5) is 4.97. The van der Waals surface area contributed by atoms with Gasteiger partial charge in [-0.25, -0.2) is 0 Å². The molecule has 1 heterocycles. The molecule has 150 valence electrons. The largest absolute Gasteiger partial charge is 0.381 e. The molecule has 0 amide bonds. The Hall–Kier alpha value is -1.20. The third-order valence-corrected chi connectivity index (χ3v) is 7.45. The van der Waals surface area contributed by atoms with Crippen LogP contribution in [0.4, 0.5) is 0 Å². The molecule has 4 nitrogen and oxygen atoms in total. The number of guanidine groups is 1. The number of aliphatic imine (C=N–C) groups is 1. The second-order valence-electron chi connectivity index (χ2n) is 7.80. The Balaban J connectivity index is 1.53. The van der Waals surface area contributed by atoms with Gasteiger partial charge in [0.15, 0.2) is 5.96 Å². The highest BCUT2D eigenvalue weighted by atomic mass is 32.2. The monoisotopic (exact) mass is 389 g/mol. The Morgan fingerprint density at radius 3 is 2.48 bits per heavy atom. The lowest BCUT2D eigenvalue weighted by Gasteiger charge is -2.35. The number of thioether (sulfide) groups is 1. The van der Waals surface area contributed by atoms with Crippen molar-refractivity contribution in [3.8, 4) is 0 Å². The maximum atomic E-state index is 5.56. The summed E-state index contributed by atoms with van der Waals surface area (Å²) in [5, 5.41) is 7.16. The second kappa shape index (κ2) is 10.4. The van der Waals surface area contributed by atoms with Crippen molar-refractivity contribution >= 4 is 17.7 Å². The first-order chi connectivity index (χ1) is 13.2. The number of ether oxygens (including phenoxy) is 1. The summed E-state index contributed by atoms with van der Waals surface area (Å²) in [7, 11) is 0. The van der Waals surface area contributed by atoms with Gasteiger partial charge >= 0.3 is 0 Å². The lowest BCUT2D eigenvalue weighted by atomic mass is 9.82. The molecule has 1 aromatic carbocycles. The number of nitrogens with one attached hydrogen (secondary N) is 2. The lowest BCUT2D eigenvalue weighted by Crippen LogP contribution is -2.46. The quantitative estimate of drug-likeness (QED) is 0.566. The molecule has 1 saturated carbocycles. The van der Waals surface area contributed by atoms with Crippen molar-refractivity contribution in [2.24, 2.45) is 4.99 Å². The van der Waals surface area contributed by atoms with Crippen LogP contribution in [-0.4, -0.2) is 49.3 Å². The molecule has 0 unspecified atom stereocenters. The standard InChI is InChI=1S/C22H35N3OS/c1-3-23-21(24-17-22(27-2)13-15-26-16-14-22)25-20-11-9-19(10-12-20)18-7-5-4-6-8-18/h4-8,19-20H,3,9-17H2,1-2H3,(H2,23,24,25). The fourth-order valence-corrected chi connectivity index (χ4v) is 4.97. The summed E-state index contributed by atoms with van der Waals surface area (Å²) in [6, 6.07) is 11.5. The summed E-state index contributed by atoms with van der Waals surface area (Å²) in [5.74, 6) is 1.70. The Morgan fingerprint density at radius 1 is 1.15 bits per heavy atom. The molecule has 0 bridgehead atoms. The number of benzene rings is 1. The average molecular weight is 390 g/mol. The molecular formula is C22H35N3OS. The molecule has 2 N–H and O–H groups in total. The van der Waals surface area contributed by atoms with Gasteiger partial charge in [0.2, 0.25) is 0 Å². The number of rotatable bonds is 6. The molecule has 1 aliphatic heterocycles. The second-order valence-corrected chi connectivity index (χ2v) is 9.07. The van der Waals surface area contributed by atoms with E-state index in [0.29, 0.717) is 12.0 Å². The molecule has 2 fully saturated rings. The summed E-state index contributed by atoms with van der Waals surface area (Å²) in [6.45, 7) is 5.64. The van der Waals surface area contributed by atoms with E-state index < -0.39 is 0 Å². The van der Waals surface area contributed by atoms with Crippen LogP contribution in [0.15, 0.2) is 35.3 Å². The average Bonchev–Trinajstić information content (AvgIpc) is 2.74. The van der Waals surface area contributed by atoms with Crippen LogP contribution in [-0.2, 0) is 4.74 Å². The van der Waals surface area contributed by atoms with Crippen molar-refractivity contribution in [2.45, 2.75) is 62.2 Å². The molecule has 3 rings (SSSR count). The predicted molar refractivity (Wildman–Crippen MR) is 117 cm³/mol. The molecule has 0 atom stereocenters. The first kappa shape index (κ1) is 20.5. The molecule has 5 heteroatoms. The van der Waals surface area contributed by atoms with Gasteiger partial charge in [0.05, 0.1) is 6.54 Å². The van der Waals surface area contributed by atoms with Crippen molar-refractivity contribution in [2.75, 3.05) is 32.6 Å². The van der Waals surface area contributed by atoms with E-state index in [1.807, 2.05) is 11.8 Å². The van der Waals surface area contributed by atoms with Gasteiger partial charge in [0.1, 0.15) is 0 Å². The van der Waals surface area contributed by atoms with Crippen LogP contribution in [0.5, 0.6) is 0 Å². The predicted octanol–water partition coefficient (Wildman–Crippen LogP) is 4.18. The van der Waals surface area contributed by atoms with Crippen molar-refractivity contribution in [3.05, 3.63) is 35.9 Å². The van der Waals surface area contributed by atoms with E-state index in [9.17, 15) is 0 Å². The molecular weight excluding hydrogens is 354 g/mol. The third-order valence-electron chi connectivity index (χ3n) is 6.05. The Morgan fingerprint density at radius 2 is 1.85 bits per heavy atom. The fraction of sp³-hybridized carbons (Fsp3) is 0.682. The molecule has 1 aromatic rings. The zero-order valence-electron chi connectivity index (χ0n) is 16.9. The highest BCUT2D eigenvalue weighted by Crippen LogP contribution is 2.34. The first-order valence-corrected chi connectivity index (χ1v) is 11.7. The minimum atomic E-state index is 0.242. The Labute approximate surface area is 168 Å². The maximum absolute atomic E-state index is 5.56. The van der Waals surface area contributed by atoms with Gasteiger partial charge in [-0.1, -0.05) is 30.3 Å². The summed E-state index contributed by atoms with van der Waals surface area (Å²) < 4.78 is 5.80. The first-order valence-electron chi connectivity index (χ1n) is 10.5. The van der Waals surface area contributed by atoms with Crippen LogP contribution in [0.1, 0.15) is 56.9 Å². The van der Waals surface area contributed by atoms with E-state index in [1.54, 1.807) is 0 Å². The van der Waals surface area contributed by atoms with Gasteiger partial charge in [-0.05, 0) is 63.2 Å². The lowest BCUT2D eigenvalue weighted by molar-refractivity contribution is 0.0794. The Kier molecular flexibility index (Phi) is 7.89. The van der Waals surface area contributed by atoms with E-state index in [-0.39, 0.29) is 4.75 Å². The molecule has 2 aliphatic rings. The summed E-state index contributed by atoms with van der Waals surface area (Å²) in [6.07, 6.45) is 9.35. The van der Waals surface area contributed by atoms with Gasteiger partial charge in [0, 0.05) is 30.5 Å². The molecule has 1 aliphatic carbocycles. The number of nitrogens with zero attached hydrogens (tertiary/aromatic N) is 1. The topological polar surface area (TPSA) is 45.7 Å². The van der Waals surface area contributed by atoms with E-state index in [2.05, 4.69) is 54.1 Å². The van der Waals surface area contributed by atoms with Crippen molar-refractivity contribution in [1.82, 2.24) is 10.6 Å². The maximum Gasteiger partial charge on any atom is 0.191 e.